The first-order valence-corrected chi connectivity index (χ1v) is 9.90. The largest absolute Gasteiger partial charge is 0.457 e. The first-order valence-electron chi connectivity index (χ1n) is 9.90. The molecule has 3 aromatic carbocycles. The lowest BCUT2D eigenvalue weighted by Crippen LogP contribution is -2.07. The van der Waals surface area contributed by atoms with Gasteiger partial charge in [0.1, 0.15) is 29.5 Å². The molecular formula is C25H21N5O2. The lowest BCUT2D eigenvalue weighted by atomic mass is 10.2. The molecule has 0 bridgehead atoms. The fourth-order valence-electron chi connectivity index (χ4n) is 2.92. The molecule has 1 aromatic heterocycles. The van der Waals surface area contributed by atoms with Crippen molar-refractivity contribution in [3.8, 4) is 11.5 Å². The molecule has 1 amide bonds. The topological polar surface area (TPSA) is 88.2 Å². The fraction of sp³-hybridized carbons (Fsp3) is 0. The maximum atomic E-state index is 11.5. The quantitative estimate of drug-likeness (QED) is 0.307. The highest BCUT2D eigenvalue weighted by Crippen LogP contribution is 2.26. The van der Waals surface area contributed by atoms with Gasteiger partial charge in [0.25, 0.3) is 0 Å². The van der Waals surface area contributed by atoms with Crippen LogP contribution >= 0.6 is 0 Å². The summed E-state index contributed by atoms with van der Waals surface area (Å²) < 4.78 is 5.88. The van der Waals surface area contributed by atoms with E-state index < -0.39 is 0 Å². The van der Waals surface area contributed by atoms with E-state index in [0.717, 1.165) is 17.1 Å². The monoisotopic (exact) mass is 423 g/mol. The van der Waals surface area contributed by atoms with Gasteiger partial charge < -0.3 is 20.7 Å². The minimum atomic E-state index is -0.269. The highest BCUT2D eigenvalue weighted by atomic mass is 16.5. The van der Waals surface area contributed by atoms with Gasteiger partial charge in [-0.3, -0.25) is 4.79 Å². The number of para-hydroxylation sites is 1. The molecule has 0 spiro atoms. The zero-order valence-corrected chi connectivity index (χ0v) is 17.2. The van der Waals surface area contributed by atoms with Gasteiger partial charge in [0.15, 0.2) is 0 Å². The number of amides is 1. The number of carbonyl (C=O) groups is 1. The van der Waals surface area contributed by atoms with Crippen molar-refractivity contribution in [1.82, 2.24) is 9.97 Å². The predicted molar refractivity (Wildman–Crippen MR) is 127 cm³/mol. The van der Waals surface area contributed by atoms with Crippen LogP contribution in [0.1, 0.15) is 0 Å². The standard InChI is InChI=1S/C25H21N5O2/c1-2-25(31)30-19-9-6-8-18(14-19)28-23-16-24(27-17-26-23)29-20-10-7-13-22(15-20)32-21-11-4-3-5-12-21/h2-17H,1H2,(H,30,31)(H2,26,27,28,29). The van der Waals surface area contributed by atoms with Crippen molar-refractivity contribution < 1.29 is 9.53 Å². The van der Waals surface area contributed by atoms with E-state index in [-0.39, 0.29) is 5.91 Å². The molecular weight excluding hydrogens is 402 g/mol. The average Bonchev–Trinajstić information content (AvgIpc) is 2.80. The molecule has 4 aromatic rings. The summed E-state index contributed by atoms with van der Waals surface area (Å²) in [4.78, 5) is 20.1. The summed E-state index contributed by atoms with van der Waals surface area (Å²) in [6, 6.07) is 26.3. The minimum Gasteiger partial charge on any atom is -0.457 e. The van der Waals surface area contributed by atoms with Crippen molar-refractivity contribution in [2.24, 2.45) is 0 Å². The molecule has 0 aliphatic rings. The Morgan fingerprint density at radius 3 is 2.09 bits per heavy atom. The third kappa shape index (κ3) is 5.70. The van der Waals surface area contributed by atoms with Gasteiger partial charge in [-0.1, -0.05) is 36.9 Å². The minimum absolute atomic E-state index is 0.269. The number of carbonyl (C=O) groups excluding carboxylic acids is 1. The van der Waals surface area contributed by atoms with Crippen LogP contribution in [0.15, 0.2) is 104 Å². The Bertz CT molecular complexity index is 1230. The van der Waals surface area contributed by atoms with Crippen LogP contribution in [0.5, 0.6) is 11.5 Å². The van der Waals surface area contributed by atoms with Crippen LogP contribution in [0.3, 0.4) is 0 Å². The van der Waals surface area contributed by atoms with E-state index in [1.54, 1.807) is 18.2 Å². The van der Waals surface area contributed by atoms with Gasteiger partial charge in [-0.15, -0.1) is 0 Å². The second kappa shape index (κ2) is 9.90. The van der Waals surface area contributed by atoms with Crippen LogP contribution in [0.4, 0.5) is 28.7 Å². The molecule has 4 rings (SSSR count). The van der Waals surface area contributed by atoms with Gasteiger partial charge in [-0.2, -0.15) is 0 Å². The molecule has 7 nitrogen and oxygen atoms in total. The normalized spacial score (nSPS) is 10.1. The Balaban J connectivity index is 1.45. The maximum Gasteiger partial charge on any atom is 0.247 e. The zero-order chi connectivity index (χ0) is 22.2. The third-order valence-corrected chi connectivity index (χ3v) is 4.34. The number of nitrogens with zero attached hydrogens (tertiary/aromatic N) is 2. The fourth-order valence-corrected chi connectivity index (χ4v) is 2.92. The molecule has 0 saturated heterocycles. The van der Waals surface area contributed by atoms with Gasteiger partial charge in [-0.05, 0) is 48.5 Å². The second-order valence-electron chi connectivity index (χ2n) is 6.76. The number of anilines is 5. The van der Waals surface area contributed by atoms with Crippen molar-refractivity contribution in [2.45, 2.75) is 0 Å². The molecule has 0 atom stereocenters. The van der Waals surface area contributed by atoms with Crippen LogP contribution in [0.25, 0.3) is 0 Å². The van der Waals surface area contributed by atoms with Gasteiger partial charge in [0.2, 0.25) is 5.91 Å². The smallest absolute Gasteiger partial charge is 0.247 e. The van der Waals surface area contributed by atoms with Crippen molar-refractivity contribution >= 4 is 34.6 Å². The molecule has 0 unspecified atom stereocenters. The summed E-state index contributed by atoms with van der Waals surface area (Å²) in [6.07, 6.45) is 2.70. The van der Waals surface area contributed by atoms with Crippen LogP contribution in [-0.4, -0.2) is 15.9 Å². The molecule has 0 fully saturated rings. The van der Waals surface area contributed by atoms with Crippen LogP contribution < -0.4 is 20.7 Å². The van der Waals surface area contributed by atoms with E-state index in [9.17, 15) is 4.79 Å². The molecule has 0 aliphatic carbocycles. The second-order valence-corrected chi connectivity index (χ2v) is 6.76. The molecule has 32 heavy (non-hydrogen) atoms. The molecule has 3 N–H and O–H groups in total. The number of hydrogen-bond acceptors (Lipinski definition) is 6. The molecule has 1 heterocycles. The number of hydrogen-bond donors (Lipinski definition) is 3. The zero-order valence-electron chi connectivity index (χ0n) is 17.2. The van der Waals surface area contributed by atoms with Gasteiger partial charge in [0, 0.05) is 29.2 Å². The Hall–Kier alpha value is -4.65. The number of nitrogens with one attached hydrogen (secondary N) is 3. The lowest BCUT2D eigenvalue weighted by Gasteiger charge is -2.11. The van der Waals surface area contributed by atoms with E-state index in [0.29, 0.717) is 23.1 Å². The molecule has 0 saturated carbocycles. The summed E-state index contributed by atoms with van der Waals surface area (Å²) in [5, 5.41) is 9.21. The predicted octanol–water partition coefficient (Wildman–Crippen LogP) is 5.88. The number of aromatic nitrogens is 2. The van der Waals surface area contributed by atoms with Crippen molar-refractivity contribution in [1.29, 1.82) is 0 Å². The van der Waals surface area contributed by atoms with Crippen LogP contribution in [0, 0.1) is 0 Å². The maximum absolute atomic E-state index is 11.5. The summed E-state index contributed by atoms with van der Waals surface area (Å²) in [5.74, 6) is 2.44. The molecule has 158 valence electrons. The van der Waals surface area contributed by atoms with E-state index in [1.807, 2.05) is 66.7 Å². The number of benzene rings is 3. The van der Waals surface area contributed by atoms with E-state index in [2.05, 4.69) is 32.5 Å². The molecule has 0 radical (unpaired) electrons. The highest BCUT2D eigenvalue weighted by Gasteiger charge is 2.04. The Labute approximate surface area is 185 Å². The Kier molecular flexibility index (Phi) is 6.38. The van der Waals surface area contributed by atoms with E-state index in [4.69, 9.17) is 4.74 Å². The SMILES string of the molecule is C=CC(=O)Nc1cccc(Nc2cc(Nc3cccc(Oc4ccccc4)c3)ncn2)c1. The molecule has 0 aliphatic heterocycles. The Morgan fingerprint density at radius 1 is 0.750 bits per heavy atom. The lowest BCUT2D eigenvalue weighted by molar-refractivity contribution is -0.111. The van der Waals surface area contributed by atoms with Crippen LogP contribution in [0.2, 0.25) is 0 Å². The van der Waals surface area contributed by atoms with Gasteiger partial charge in [-0.25, -0.2) is 9.97 Å². The number of rotatable bonds is 8. The summed E-state index contributed by atoms with van der Waals surface area (Å²) >= 11 is 0. The third-order valence-electron chi connectivity index (χ3n) is 4.34. The van der Waals surface area contributed by atoms with Crippen LogP contribution in [-0.2, 0) is 4.79 Å². The molecule has 7 heteroatoms. The van der Waals surface area contributed by atoms with Crippen molar-refractivity contribution in [3.63, 3.8) is 0 Å². The first kappa shape index (κ1) is 20.6. The van der Waals surface area contributed by atoms with Crippen molar-refractivity contribution in [3.05, 3.63) is 104 Å². The van der Waals surface area contributed by atoms with Gasteiger partial charge in [0.05, 0.1) is 0 Å². The first-order chi connectivity index (χ1) is 15.7. The highest BCUT2D eigenvalue weighted by molar-refractivity contribution is 5.99. The van der Waals surface area contributed by atoms with Crippen molar-refractivity contribution in [2.75, 3.05) is 16.0 Å². The summed E-state index contributed by atoms with van der Waals surface area (Å²) in [7, 11) is 0. The average molecular weight is 423 g/mol. The summed E-state index contributed by atoms with van der Waals surface area (Å²) in [6.45, 7) is 3.46. The Morgan fingerprint density at radius 2 is 1.38 bits per heavy atom. The van der Waals surface area contributed by atoms with E-state index >= 15 is 0 Å². The summed E-state index contributed by atoms with van der Waals surface area (Å²) in [5.41, 5.74) is 2.26. The van der Waals surface area contributed by atoms with Gasteiger partial charge >= 0.3 is 0 Å². The number of ether oxygens (including phenoxy) is 1. The van der Waals surface area contributed by atoms with E-state index in [1.165, 1.54) is 12.4 Å².